The third-order valence-corrected chi connectivity index (χ3v) is 2.78. The van der Waals surface area contributed by atoms with Gasteiger partial charge in [0.2, 0.25) is 0 Å². The molecule has 0 amide bonds. The third-order valence-electron chi connectivity index (χ3n) is 1.43. The molecule has 3 N–H and O–H groups in total. The Kier molecular flexibility index (Phi) is 4.38. The van der Waals surface area contributed by atoms with Gasteiger partial charge < -0.3 is 5.73 Å². The Hall–Kier alpha value is -0.780. The molecule has 0 unspecified atom stereocenters. The van der Waals surface area contributed by atoms with Crippen molar-refractivity contribution in [3.05, 3.63) is 29.8 Å². The second-order valence-corrected chi connectivity index (χ2v) is 4.95. The molecule has 4 nitrogen and oxygen atoms in total. The van der Waals surface area contributed by atoms with Gasteiger partial charge in [0, 0.05) is 16.2 Å². The molecule has 0 saturated heterocycles. The normalized spacial score (nSPS) is 10.4. The van der Waals surface area contributed by atoms with Crippen LogP contribution in [-0.2, 0) is 9.05 Å². The molecule has 0 fully saturated rings. The molecule has 0 aliphatic rings. The second kappa shape index (κ2) is 4.63. The van der Waals surface area contributed by atoms with E-state index < -0.39 is 9.05 Å². The van der Waals surface area contributed by atoms with Crippen LogP contribution in [0, 0.1) is 5.41 Å². The molecule has 78 valence electrons. The van der Waals surface area contributed by atoms with Crippen LogP contribution in [0.25, 0.3) is 0 Å². The Bertz CT molecular complexity index is 445. The first-order chi connectivity index (χ1) is 5.91. The molecule has 0 radical (unpaired) electrons. The van der Waals surface area contributed by atoms with Crippen LogP contribution in [0.3, 0.4) is 0 Å². The number of hydrogen-bond donors (Lipinski definition) is 2. The number of nitrogen functional groups attached to an aromatic ring is 1. The zero-order chi connectivity index (χ0) is 10.1. The fourth-order valence-electron chi connectivity index (χ4n) is 0.815. The van der Waals surface area contributed by atoms with Crippen LogP contribution >= 0.6 is 23.1 Å². The lowest BCUT2D eigenvalue weighted by Gasteiger charge is -1.99. The van der Waals surface area contributed by atoms with E-state index >= 15 is 0 Å². The van der Waals surface area contributed by atoms with Crippen LogP contribution in [-0.4, -0.2) is 14.3 Å². The fourth-order valence-corrected chi connectivity index (χ4v) is 1.61. The first-order valence-corrected chi connectivity index (χ1v) is 5.61. The molecule has 0 atom stereocenters. The fraction of sp³-hybridized carbons (Fsp3) is 0. The van der Waals surface area contributed by atoms with Gasteiger partial charge in [-0.1, -0.05) is 12.1 Å². The summed E-state index contributed by atoms with van der Waals surface area (Å²) < 4.78 is 21.7. The molecule has 1 aromatic carbocycles. The van der Waals surface area contributed by atoms with Gasteiger partial charge in [-0.25, -0.2) is 8.42 Å². The van der Waals surface area contributed by atoms with Crippen LogP contribution < -0.4 is 5.73 Å². The van der Waals surface area contributed by atoms with Gasteiger partial charge in [-0.2, -0.15) is 0 Å². The molecule has 0 aliphatic carbocycles. The molecule has 0 aliphatic heterocycles. The summed E-state index contributed by atoms with van der Waals surface area (Å²) in [4.78, 5) is -0.0538. The minimum absolute atomic E-state index is 0. The van der Waals surface area contributed by atoms with E-state index in [1.165, 1.54) is 24.3 Å². The maximum atomic E-state index is 10.9. The standard InChI is InChI=1S/C7H7ClN2O2S.ClH/c8-13(11,12)6-3-1-2-5(4-6)7(9)10;/h1-4H,(H3,9,10);1H. The highest BCUT2D eigenvalue weighted by Crippen LogP contribution is 2.15. The molecule has 14 heavy (non-hydrogen) atoms. The van der Waals surface area contributed by atoms with Crippen LogP contribution in [0.2, 0.25) is 0 Å². The number of rotatable bonds is 2. The van der Waals surface area contributed by atoms with Crippen molar-refractivity contribution in [1.29, 1.82) is 5.41 Å². The summed E-state index contributed by atoms with van der Waals surface area (Å²) in [5.41, 5.74) is 5.51. The molecule has 0 saturated carbocycles. The van der Waals surface area contributed by atoms with Gasteiger partial charge in [0.1, 0.15) is 5.84 Å². The van der Waals surface area contributed by atoms with Crippen molar-refractivity contribution >= 4 is 38.0 Å². The maximum absolute atomic E-state index is 10.9. The molecule has 0 heterocycles. The van der Waals surface area contributed by atoms with Crippen LogP contribution in [0.4, 0.5) is 0 Å². The molecule has 0 spiro atoms. The summed E-state index contributed by atoms with van der Waals surface area (Å²) >= 11 is 0. The molecular formula is C7H8Cl2N2O2S. The van der Waals surface area contributed by atoms with Crippen molar-refractivity contribution in [2.45, 2.75) is 4.90 Å². The number of benzene rings is 1. The van der Waals surface area contributed by atoms with Gasteiger partial charge in [0.15, 0.2) is 0 Å². The van der Waals surface area contributed by atoms with E-state index in [2.05, 4.69) is 0 Å². The molecule has 1 rings (SSSR count). The number of halogens is 2. The van der Waals surface area contributed by atoms with E-state index in [4.69, 9.17) is 21.8 Å². The van der Waals surface area contributed by atoms with Crippen molar-refractivity contribution in [1.82, 2.24) is 0 Å². The number of nitrogens with two attached hydrogens (primary N) is 1. The van der Waals surface area contributed by atoms with E-state index in [1.54, 1.807) is 0 Å². The smallest absolute Gasteiger partial charge is 0.261 e. The van der Waals surface area contributed by atoms with E-state index in [0.29, 0.717) is 5.56 Å². The average molecular weight is 255 g/mol. The monoisotopic (exact) mass is 254 g/mol. The molecule has 0 aromatic heterocycles. The third kappa shape index (κ3) is 3.17. The Balaban J connectivity index is 0.00000169. The molecule has 7 heteroatoms. The largest absolute Gasteiger partial charge is 0.384 e. The van der Waals surface area contributed by atoms with E-state index in [1.807, 2.05) is 0 Å². The lowest BCUT2D eigenvalue weighted by atomic mass is 10.2. The van der Waals surface area contributed by atoms with Crippen molar-refractivity contribution in [2.75, 3.05) is 0 Å². The lowest BCUT2D eigenvalue weighted by molar-refractivity contribution is 0.609. The lowest BCUT2D eigenvalue weighted by Crippen LogP contribution is -2.11. The van der Waals surface area contributed by atoms with Crippen LogP contribution in [0.1, 0.15) is 5.56 Å². The summed E-state index contributed by atoms with van der Waals surface area (Å²) in [6, 6.07) is 5.61. The number of amidine groups is 1. The summed E-state index contributed by atoms with van der Waals surface area (Å²) in [7, 11) is 1.36. The highest BCUT2D eigenvalue weighted by molar-refractivity contribution is 8.13. The van der Waals surface area contributed by atoms with Gasteiger partial charge in [-0.15, -0.1) is 12.4 Å². The summed E-state index contributed by atoms with van der Waals surface area (Å²) in [5.74, 6) is -0.192. The Morgan fingerprint density at radius 3 is 2.43 bits per heavy atom. The number of hydrogen-bond acceptors (Lipinski definition) is 3. The molecular weight excluding hydrogens is 247 g/mol. The Morgan fingerprint density at radius 1 is 1.43 bits per heavy atom. The first kappa shape index (κ1) is 13.2. The zero-order valence-electron chi connectivity index (χ0n) is 6.90. The molecule has 0 bridgehead atoms. The SMILES string of the molecule is Cl.N=C(N)c1cccc(S(=O)(=O)Cl)c1. The van der Waals surface area contributed by atoms with Gasteiger partial charge in [0.25, 0.3) is 9.05 Å². The van der Waals surface area contributed by atoms with Crippen molar-refractivity contribution in [2.24, 2.45) is 5.73 Å². The molecule has 1 aromatic rings. The topological polar surface area (TPSA) is 84.0 Å². The average Bonchev–Trinajstić information content (AvgIpc) is 2.03. The predicted molar refractivity (Wildman–Crippen MR) is 57.7 cm³/mol. The van der Waals surface area contributed by atoms with E-state index in [9.17, 15) is 8.42 Å². The van der Waals surface area contributed by atoms with Crippen LogP contribution in [0.15, 0.2) is 29.2 Å². The summed E-state index contributed by atoms with van der Waals surface area (Å²) in [6.07, 6.45) is 0. The zero-order valence-corrected chi connectivity index (χ0v) is 9.29. The predicted octanol–water partition coefficient (Wildman–Crippen LogP) is 1.32. The Morgan fingerprint density at radius 2 is 2.00 bits per heavy atom. The van der Waals surface area contributed by atoms with Gasteiger partial charge in [-0.3, -0.25) is 5.41 Å². The second-order valence-electron chi connectivity index (χ2n) is 2.38. The quantitative estimate of drug-likeness (QED) is 0.475. The van der Waals surface area contributed by atoms with E-state index in [0.717, 1.165) is 0 Å². The van der Waals surface area contributed by atoms with Crippen molar-refractivity contribution < 1.29 is 8.42 Å². The summed E-state index contributed by atoms with van der Waals surface area (Å²) in [6.45, 7) is 0. The van der Waals surface area contributed by atoms with Crippen molar-refractivity contribution in [3.63, 3.8) is 0 Å². The first-order valence-electron chi connectivity index (χ1n) is 3.30. The van der Waals surface area contributed by atoms with Crippen LogP contribution in [0.5, 0.6) is 0 Å². The van der Waals surface area contributed by atoms with Gasteiger partial charge >= 0.3 is 0 Å². The maximum Gasteiger partial charge on any atom is 0.261 e. The minimum atomic E-state index is -3.74. The van der Waals surface area contributed by atoms with E-state index in [-0.39, 0.29) is 23.1 Å². The highest BCUT2D eigenvalue weighted by atomic mass is 35.7. The highest BCUT2D eigenvalue weighted by Gasteiger charge is 2.10. The minimum Gasteiger partial charge on any atom is -0.384 e. The van der Waals surface area contributed by atoms with Crippen molar-refractivity contribution in [3.8, 4) is 0 Å². The van der Waals surface area contributed by atoms with Gasteiger partial charge in [-0.05, 0) is 12.1 Å². The Labute approximate surface area is 92.4 Å². The van der Waals surface area contributed by atoms with Gasteiger partial charge in [0.05, 0.1) is 4.90 Å². The summed E-state index contributed by atoms with van der Waals surface area (Å²) in [5, 5.41) is 7.08. The number of nitrogens with one attached hydrogen (secondary N) is 1.